The van der Waals surface area contributed by atoms with Gasteiger partial charge in [0.15, 0.2) is 0 Å². The highest BCUT2D eigenvalue weighted by atomic mass is 16.5. The Morgan fingerprint density at radius 3 is 1.41 bits per heavy atom. The predicted octanol–water partition coefficient (Wildman–Crippen LogP) is 8.69. The summed E-state index contributed by atoms with van der Waals surface area (Å²) in [5.74, 6) is -0.115. The predicted molar refractivity (Wildman–Crippen MR) is 135 cm³/mol. The van der Waals surface area contributed by atoms with Gasteiger partial charge in [0.2, 0.25) is 0 Å². The van der Waals surface area contributed by atoms with Crippen LogP contribution < -0.4 is 0 Å². The average molecular weight is 455 g/mol. The summed E-state index contributed by atoms with van der Waals surface area (Å²) in [6, 6.07) is 0. The Balaban J connectivity index is 3.99. The minimum absolute atomic E-state index is 0.0153. The first-order valence-electron chi connectivity index (χ1n) is 14.0. The fourth-order valence-corrected chi connectivity index (χ4v) is 4.11. The summed E-state index contributed by atoms with van der Waals surface area (Å²) in [4.78, 5) is 23.7. The quantitative estimate of drug-likeness (QED) is 0.108. The lowest BCUT2D eigenvalue weighted by molar-refractivity contribution is -0.150. The second kappa shape index (κ2) is 24.6. The van der Waals surface area contributed by atoms with Crippen LogP contribution in [0.4, 0.5) is 0 Å². The van der Waals surface area contributed by atoms with Crippen LogP contribution in [0.25, 0.3) is 0 Å². The number of carbonyl (C=O) groups excluding carboxylic acids is 2. The van der Waals surface area contributed by atoms with Gasteiger partial charge in [0.1, 0.15) is 6.10 Å². The van der Waals surface area contributed by atoms with Crippen molar-refractivity contribution in [3.05, 3.63) is 0 Å². The van der Waals surface area contributed by atoms with Crippen molar-refractivity contribution in [2.24, 2.45) is 0 Å². The lowest BCUT2D eigenvalue weighted by Crippen LogP contribution is -2.18. The van der Waals surface area contributed by atoms with Gasteiger partial charge in [-0.1, -0.05) is 97.3 Å². The van der Waals surface area contributed by atoms with E-state index in [-0.39, 0.29) is 18.0 Å². The van der Waals surface area contributed by atoms with Crippen LogP contribution in [0.1, 0.15) is 156 Å². The first-order valence-corrected chi connectivity index (χ1v) is 14.0. The maximum absolute atomic E-state index is 12.4. The van der Waals surface area contributed by atoms with Crippen molar-refractivity contribution in [1.82, 2.24) is 0 Å². The Kier molecular flexibility index (Phi) is 23.8. The van der Waals surface area contributed by atoms with Gasteiger partial charge < -0.3 is 9.47 Å². The molecule has 0 amide bonds. The molecule has 4 heteroatoms. The second-order valence-corrected chi connectivity index (χ2v) is 9.30. The largest absolute Gasteiger partial charge is 0.466 e. The molecule has 0 aliphatic rings. The van der Waals surface area contributed by atoms with Gasteiger partial charge in [-0.25, -0.2) is 0 Å². The number of esters is 2. The van der Waals surface area contributed by atoms with Crippen molar-refractivity contribution in [2.75, 3.05) is 6.61 Å². The van der Waals surface area contributed by atoms with Gasteiger partial charge in [-0.05, 0) is 45.4 Å². The molecule has 0 aromatic carbocycles. The van der Waals surface area contributed by atoms with E-state index < -0.39 is 0 Å². The van der Waals surface area contributed by atoms with E-state index in [0.29, 0.717) is 19.4 Å². The Morgan fingerprint density at radius 1 is 0.531 bits per heavy atom. The summed E-state index contributed by atoms with van der Waals surface area (Å²) < 4.78 is 10.8. The number of unbranched alkanes of at least 4 members (excludes halogenated alkanes) is 14. The fourth-order valence-electron chi connectivity index (χ4n) is 4.11. The Labute approximate surface area is 199 Å². The lowest BCUT2D eigenvalue weighted by Gasteiger charge is -2.18. The van der Waals surface area contributed by atoms with E-state index in [9.17, 15) is 9.59 Å². The van der Waals surface area contributed by atoms with Gasteiger partial charge >= 0.3 is 11.9 Å². The van der Waals surface area contributed by atoms with E-state index in [0.717, 1.165) is 44.9 Å². The van der Waals surface area contributed by atoms with Gasteiger partial charge in [0.25, 0.3) is 0 Å². The zero-order valence-electron chi connectivity index (χ0n) is 21.8. The highest BCUT2D eigenvalue weighted by Gasteiger charge is 2.14. The lowest BCUT2D eigenvalue weighted by atomic mass is 10.0. The Bertz CT molecular complexity index is 406. The van der Waals surface area contributed by atoms with Crippen molar-refractivity contribution in [3.8, 4) is 0 Å². The zero-order chi connectivity index (χ0) is 23.7. The molecule has 0 aromatic rings. The van der Waals surface area contributed by atoms with Crippen molar-refractivity contribution in [2.45, 2.75) is 162 Å². The summed E-state index contributed by atoms with van der Waals surface area (Å²) in [7, 11) is 0. The first kappa shape index (κ1) is 30.9. The molecule has 0 aliphatic heterocycles. The van der Waals surface area contributed by atoms with Crippen LogP contribution in [-0.2, 0) is 19.1 Å². The van der Waals surface area contributed by atoms with E-state index in [4.69, 9.17) is 9.47 Å². The van der Waals surface area contributed by atoms with Crippen molar-refractivity contribution < 1.29 is 19.1 Å². The molecule has 32 heavy (non-hydrogen) atoms. The van der Waals surface area contributed by atoms with Crippen LogP contribution in [0.2, 0.25) is 0 Å². The molecular formula is C28H54O4. The molecule has 0 N–H and O–H groups in total. The molecule has 0 saturated heterocycles. The average Bonchev–Trinajstić information content (AvgIpc) is 2.77. The monoisotopic (exact) mass is 454 g/mol. The van der Waals surface area contributed by atoms with Gasteiger partial charge in [0, 0.05) is 12.8 Å². The number of carbonyl (C=O) groups is 2. The molecule has 0 unspecified atom stereocenters. The molecule has 0 spiro atoms. The minimum atomic E-state index is -0.0992. The first-order chi connectivity index (χ1) is 15.6. The number of hydrogen-bond donors (Lipinski definition) is 0. The third-order valence-electron chi connectivity index (χ3n) is 6.12. The highest BCUT2D eigenvalue weighted by Crippen LogP contribution is 2.18. The summed E-state index contributed by atoms with van der Waals surface area (Å²) >= 11 is 0. The van der Waals surface area contributed by atoms with Crippen LogP contribution in [-0.4, -0.2) is 24.6 Å². The standard InChI is InChI=1S/C28H54O4/c1-4-7-9-11-14-18-22-26(23-19-15-12-10-8-5-2)32-28(30)25-21-17-13-16-20-24-27(29)31-6-3/h26H,4-25H2,1-3H3. The molecule has 0 aliphatic carbocycles. The molecule has 0 bridgehead atoms. The van der Waals surface area contributed by atoms with Gasteiger partial charge in [-0.2, -0.15) is 0 Å². The van der Waals surface area contributed by atoms with Crippen LogP contribution in [0.3, 0.4) is 0 Å². The highest BCUT2D eigenvalue weighted by molar-refractivity contribution is 5.69. The molecule has 0 heterocycles. The molecule has 0 aromatic heterocycles. The van der Waals surface area contributed by atoms with Crippen molar-refractivity contribution >= 4 is 11.9 Å². The number of rotatable bonds is 24. The van der Waals surface area contributed by atoms with Gasteiger partial charge in [-0.3, -0.25) is 9.59 Å². The normalized spacial score (nSPS) is 11.1. The molecule has 4 nitrogen and oxygen atoms in total. The molecule has 0 atom stereocenters. The second-order valence-electron chi connectivity index (χ2n) is 9.30. The number of ether oxygens (including phenoxy) is 2. The number of hydrogen-bond acceptors (Lipinski definition) is 4. The van der Waals surface area contributed by atoms with E-state index >= 15 is 0 Å². The molecule has 0 radical (unpaired) electrons. The Morgan fingerprint density at radius 2 is 0.938 bits per heavy atom. The van der Waals surface area contributed by atoms with Crippen LogP contribution in [0.5, 0.6) is 0 Å². The topological polar surface area (TPSA) is 52.6 Å². The maximum atomic E-state index is 12.4. The van der Waals surface area contributed by atoms with Crippen LogP contribution in [0.15, 0.2) is 0 Å². The van der Waals surface area contributed by atoms with Crippen LogP contribution in [0, 0.1) is 0 Å². The van der Waals surface area contributed by atoms with E-state index in [2.05, 4.69) is 13.8 Å². The minimum Gasteiger partial charge on any atom is -0.466 e. The van der Waals surface area contributed by atoms with E-state index in [1.165, 1.54) is 77.0 Å². The van der Waals surface area contributed by atoms with Gasteiger partial charge in [-0.15, -0.1) is 0 Å². The van der Waals surface area contributed by atoms with Crippen LogP contribution >= 0.6 is 0 Å². The van der Waals surface area contributed by atoms with E-state index in [1.54, 1.807) is 0 Å². The summed E-state index contributed by atoms with van der Waals surface area (Å²) in [6.45, 7) is 6.79. The van der Waals surface area contributed by atoms with Crippen molar-refractivity contribution in [1.29, 1.82) is 0 Å². The molecule has 0 fully saturated rings. The summed E-state index contributed by atoms with van der Waals surface area (Å²) in [6.07, 6.45) is 23.5. The summed E-state index contributed by atoms with van der Waals surface area (Å²) in [5, 5.41) is 0. The van der Waals surface area contributed by atoms with Crippen molar-refractivity contribution in [3.63, 3.8) is 0 Å². The molecule has 0 saturated carbocycles. The molecular weight excluding hydrogens is 400 g/mol. The van der Waals surface area contributed by atoms with Gasteiger partial charge in [0.05, 0.1) is 6.61 Å². The summed E-state index contributed by atoms with van der Waals surface area (Å²) in [5.41, 5.74) is 0. The molecule has 0 rings (SSSR count). The fraction of sp³-hybridized carbons (Fsp3) is 0.929. The maximum Gasteiger partial charge on any atom is 0.306 e. The van der Waals surface area contributed by atoms with E-state index in [1.807, 2.05) is 6.92 Å². The third-order valence-corrected chi connectivity index (χ3v) is 6.12. The molecule has 190 valence electrons. The Hall–Kier alpha value is -1.06. The smallest absolute Gasteiger partial charge is 0.306 e. The third kappa shape index (κ3) is 22.1. The zero-order valence-corrected chi connectivity index (χ0v) is 21.8. The SMILES string of the molecule is CCCCCCCCC(CCCCCCCC)OC(=O)CCCCCCCC(=O)OCC.